The van der Waals surface area contributed by atoms with Crippen LogP contribution in [0, 0.1) is 13.8 Å². The second-order valence-electron chi connectivity index (χ2n) is 5.97. The number of carbonyl (C=O) groups excluding carboxylic acids is 1. The van der Waals surface area contributed by atoms with Crippen LogP contribution in [-0.4, -0.2) is 15.9 Å². The van der Waals surface area contributed by atoms with E-state index >= 15 is 0 Å². The van der Waals surface area contributed by atoms with Crippen LogP contribution in [0.4, 0.5) is 23.0 Å². The van der Waals surface area contributed by atoms with Crippen LogP contribution in [-0.2, 0) is 0 Å². The maximum Gasteiger partial charge on any atom is 0.270 e. The van der Waals surface area contributed by atoms with E-state index < -0.39 is 0 Å². The van der Waals surface area contributed by atoms with E-state index in [9.17, 15) is 4.79 Å². The van der Waals surface area contributed by atoms with E-state index in [4.69, 9.17) is 5.73 Å². The quantitative estimate of drug-likeness (QED) is 0.460. The standard InChI is InChI=1S/C19H19BrN6O/c1-11-7-8-13(9-12(11)2)24-17-16(21)18(23-10-22-17)25-26-19(27)14-5-3-4-6-15(14)20/h3-10H,21H2,1-2H3,(H,26,27)(H2,22,23,24,25). The number of nitrogens with one attached hydrogen (secondary N) is 3. The van der Waals surface area contributed by atoms with E-state index in [-0.39, 0.29) is 5.91 Å². The molecule has 0 fully saturated rings. The van der Waals surface area contributed by atoms with Gasteiger partial charge in [-0.2, -0.15) is 0 Å². The van der Waals surface area contributed by atoms with Crippen molar-refractivity contribution in [2.75, 3.05) is 16.5 Å². The maximum atomic E-state index is 12.3. The lowest BCUT2D eigenvalue weighted by Gasteiger charge is -2.14. The van der Waals surface area contributed by atoms with E-state index in [1.54, 1.807) is 18.2 Å². The molecule has 3 rings (SSSR count). The minimum absolute atomic E-state index is 0.295. The van der Waals surface area contributed by atoms with Gasteiger partial charge in [-0.1, -0.05) is 18.2 Å². The van der Waals surface area contributed by atoms with Gasteiger partial charge >= 0.3 is 0 Å². The minimum atomic E-state index is -0.316. The summed E-state index contributed by atoms with van der Waals surface area (Å²) >= 11 is 3.35. The topological polar surface area (TPSA) is 105 Å². The van der Waals surface area contributed by atoms with Gasteiger partial charge in [0.25, 0.3) is 5.91 Å². The van der Waals surface area contributed by atoms with Crippen LogP contribution >= 0.6 is 15.9 Å². The van der Waals surface area contributed by atoms with Gasteiger partial charge in [-0.05, 0) is 65.2 Å². The number of nitrogens with zero attached hydrogens (tertiary/aromatic N) is 2. The summed E-state index contributed by atoms with van der Waals surface area (Å²) in [6.45, 7) is 4.09. The Balaban J connectivity index is 1.74. The number of aryl methyl sites for hydroxylation is 2. The predicted octanol–water partition coefficient (Wildman–Crippen LogP) is 3.94. The highest BCUT2D eigenvalue weighted by Crippen LogP contribution is 2.26. The summed E-state index contributed by atoms with van der Waals surface area (Å²) in [5, 5.41) is 3.17. The molecule has 0 unspecified atom stereocenters. The van der Waals surface area contributed by atoms with Gasteiger partial charge in [0.05, 0.1) is 5.56 Å². The number of rotatable bonds is 5. The molecule has 0 radical (unpaired) electrons. The van der Waals surface area contributed by atoms with Crippen LogP contribution in [0.5, 0.6) is 0 Å². The molecule has 0 aliphatic carbocycles. The number of anilines is 4. The molecule has 0 saturated carbocycles. The fraction of sp³-hybridized carbons (Fsp3) is 0.105. The molecule has 0 atom stereocenters. The number of halogens is 1. The maximum absolute atomic E-state index is 12.3. The summed E-state index contributed by atoms with van der Waals surface area (Å²) in [6, 6.07) is 13.1. The zero-order chi connectivity index (χ0) is 19.4. The van der Waals surface area contributed by atoms with E-state index in [0.29, 0.717) is 27.4 Å². The summed E-state index contributed by atoms with van der Waals surface area (Å²) in [6.07, 6.45) is 1.37. The predicted molar refractivity (Wildman–Crippen MR) is 111 cm³/mol. The molecule has 0 saturated heterocycles. The van der Waals surface area contributed by atoms with Gasteiger partial charge in [-0.3, -0.25) is 15.6 Å². The highest BCUT2D eigenvalue weighted by molar-refractivity contribution is 9.10. The number of aromatic nitrogens is 2. The van der Waals surface area contributed by atoms with Crippen molar-refractivity contribution >= 4 is 44.8 Å². The van der Waals surface area contributed by atoms with Crippen molar-refractivity contribution in [3.8, 4) is 0 Å². The Hall–Kier alpha value is -3.13. The highest BCUT2D eigenvalue weighted by atomic mass is 79.9. The Morgan fingerprint density at radius 3 is 2.52 bits per heavy atom. The van der Waals surface area contributed by atoms with Gasteiger partial charge in [0.1, 0.15) is 12.0 Å². The van der Waals surface area contributed by atoms with Gasteiger partial charge < -0.3 is 11.1 Å². The molecule has 2 aromatic carbocycles. The summed E-state index contributed by atoms with van der Waals surface area (Å²) in [7, 11) is 0. The van der Waals surface area contributed by atoms with E-state index in [1.807, 2.05) is 38.1 Å². The van der Waals surface area contributed by atoms with Crippen LogP contribution in [0.15, 0.2) is 53.3 Å². The van der Waals surface area contributed by atoms with Gasteiger partial charge in [0.15, 0.2) is 11.6 Å². The van der Waals surface area contributed by atoms with Crippen LogP contribution in [0.25, 0.3) is 0 Å². The first-order valence-electron chi connectivity index (χ1n) is 8.21. The van der Waals surface area contributed by atoms with Gasteiger partial charge in [0.2, 0.25) is 0 Å². The normalized spacial score (nSPS) is 10.3. The smallest absolute Gasteiger partial charge is 0.270 e. The average Bonchev–Trinajstić information content (AvgIpc) is 2.65. The highest BCUT2D eigenvalue weighted by Gasteiger charge is 2.12. The average molecular weight is 427 g/mol. The molecule has 8 heteroatoms. The molecule has 7 nitrogen and oxygen atoms in total. The number of hydrogen-bond donors (Lipinski definition) is 4. The van der Waals surface area contributed by atoms with Crippen LogP contribution in [0.3, 0.4) is 0 Å². The number of nitrogen functional groups attached to an aromatic ring is 1. The van der Waals surface area contributed by atoms with Crippen LogP contribution in [0.2, 0.25) is 0 Å². The first-order chi connectivity index (χ1) is 13.0. The SMILES string of the molecule is Cc1ccc(Nc2ncnc(NNC(=O)c3ccccc3Br)c2N)cc1C. The third-order valence-corrected chi connectivity index (χ3v) is 4.76. The Morgan fingerprint density at radius 1 is 1.04 bits per heavy atom. The van der Waals surface area contributed by atoms with Crippen LogP contribution < -0.4 is 21.9 Å². The minimum Gasteiger partial charge on any atom is -0.393 e. The number of amides is 1. The Morgan fingerprint density at radius 2 is 1.78 bits per heavy atom. The summed E-state index contributed by atoms with van der Waals surface area (Å²) in [5.74, 6) is 0.437. The lowest BCUT2D eigenvalue weighted by atomic mass is 10.1. The fourth-order valence-corrected chi connectivity index (χ4v) is 2.84. The van der Waals surface area contributed by atoms with Crippen LogP contribution in [0.1, 0.15) is 21.5 Å². The first kappa shape index (κ1) is 18.7. The second kappa shape index (κ2) is 8.05. The van der Waals surface area contributed by atoms with Crippen molar-refractivity contribution in [2.45, 2.75) is 13.8 Å². The first-order valence-corrected chi connectivity index (χ1v) is 9.00. The number of carbonyl (C=O) groups is 1. The Labute approximate surface area is 165 Å². The summed E-state index contributed by atoms with van der Waals surface area (Å²) < 4.78 is 0.692. The monoisotopic (exact) mass is 426 g/mol. The molecule has 0 aliphatic heterocycles. The molecule has 27 heavy (non-hydrogen) atoms. The van der Waals surface area contributed by atoms with Crippen molar-refractivity contribution in [2.24, 2.45) is 0 Å². The molecular weight excluding hydrogens is 408 g/mol. The molecule has 138 valence electrons. The van der Waals surface area contributed by atoms with Crippen molar-refractivity contribution in [3.05, 3.63) is 70.0 Å². The van der Waals surface area contributed by atoms with Gasteiger partial charge in [-0.15, -0.1) is 0 Å². The second-order valence-corrected chi connectivity index (χ2v) is 6.82. The van der Waals surface area contributed by atoms with Crippen molar-refractivity contribution in [1.82, 2.24) is 15.4 Å². The van der Waals surface area contributed by atoms with Gasteiger partial charge in [0, 0.05) is 10.2 Å². The molecule has 0 aliphatic rings. The number of hydrogen-bond acceptors (Lipinski definition) is 6. The molecule has 0 spiro atoms. The molecule has 0 bridgehead atoms. The Kier molecular flexibility index (Phi) is 5.56. The third kappa shape index (κ3) is 4.35. The lowest BCUT2D eigenvalue weighted by molar-refractivity contribution is 0.0961. The summed E-state index contributed by atoms with van der Waals surface area (Å²) in [4.78, 5) is 20.6. The van der Waals surface area contributed by atoms with Crippen molar-refractivity contribution < 1.29 is 4.79 Å². The molecule has 5 N–H and O–H groups in total. The molecule has 1 amide bonds. The van der Waals surface area contributed by atoms with Crippen molar-refractivity contribution in [3.63, 3.8) is 0 Å². The zero-order valence-corrected chi connectivity index (χ0v) is 16.5. The molecule has 3 aromatic rings. The zero-order valence-electron chi connectivity index (χ0n) is 14.9. The van der Waals surface area contributed by atoms with E-state index in [0.717, 1.165) is 11.3 Å². The van der Waals surface area contributed by atoms with Crippen molar-refractivity contribution in [1.29, 1.82) is 0 Å². The van der Waals surface area contributed by atoms with Gasteiger partial charge in [-0.25, -0.2) is 9.97 Å². The lowest BCUT2D eigenvalue weighted by Crippen LogP contribution is -2.30. The van der Waals surface area contributed by atoms with E-state index in [2.05, 4.69) is 42.1 Å². The number of hydrazine groups is 1. The summed E-state index contributed by atoms with van der Waals surface area (Å²) in [5.41, 5.74) is 15.5. The van der Waals surface area contributed by atoms with E-state index in [1.165, 1.54) is 11.9 Å². The largest absolute Gasteiger partial charge is 0.393 e. The molecule has 1 heterocycles. The number of benzene rings is 2. The molecule has 1 aromatic heterocycles. The third-order valence-electron chi connectivity index (χ3n) is 4.07. The molecular formula is C19H19BrN6O. The fourth-order valence-electron chi connectivity index (χ4n) is 2.38. The Bertz CT molecular complexity index is 992. The number of nitrogens with two attached hydrogens (primary N) is 1.